The Labute approximate surface area is 215 Å². The molecule has 1 amide bonds. The van der Waals surface area contributed by atoms with Crippen LogP contribution in [0, 0.1) is 18.3 Å². The quantitative estimate of drug-likeness (QED) is 0.390. The first-order valence-corrected chi connectivity index (χ1v) is 12.1. The molecule has 0 radical (unpaired) electrons. The Bertz CT molecular complexity index is 1510. The zero-order valence-electron chi connectivity index (χ0n) is 20.8. The number of carbonyl (C=O) groups is 1. The molecule has 0 bridgehead atoms. The molecule has 1 saturated heterocycles. The molecule has 186 valence electrons. The van der Waals surface area contributed by atoms with Gasteiger partial charge in [0.2, 0.25) is 11.9 Å². The predicted octanol–water partition coefficient (Wildman–Crippen LogP) is 5.26. The monoisotopic (exact) mass is 493 g/mol. The van der Waals surface area contributed by atoms with Crippen LogP contribution in [0.2, 0.25) is 0 Å². The van der Waals surface area contributed by atoms with Crippen LogP contribution in [-0.2, 0) is 9.53 Å². The Morgan fingerprint density at radius 2 is 1.97 bits per heavy atom. The maximum Gasteiger partial charge on any atom is 0.236 e. The van der Waals surface area contributed by atoms with Crippen LogP contribution in [0.5, 0.6) is 0 Å². The summed E-state index contributed by atoms with van der Waals surface area (Å²) in [5.74, 6) is 1.12. The summed E-state index contributed by atoms with van der Waals surface area (Å²) in [4.78, 5) is 27.7. The van der Waals surface area contributed by atoms with Crippen LogP contribution in [0.25, 0.3) is 22.6 Å². The number of benzene rings is 2. The van der Waals surface area contributed by atoms with Crippen molar-refractivity contribution in [2.24, 2.45) is 0 Å². The number of hydrogen-bond donors (Lipinski definition) is 1. The third-order valence-corrected chi connectivity index (χ3v) is 6.44. The number of nitriles is 1. The van der Waals surface area contributed by atoms with Crippen LogP contribution in [0.3, 0.4) is 0 Å². The van der Waals surface area contributed by atoms with E-state index >= 15 is 0 Å². The van der Waals surface area contributed by atoms with Gasteiger partial charge in [-0.15, -0.1) is 0 Å². The number of rotatable bonds is 6. The van der Waals surface area contributed by atoms with Crippen LogP contribution in [0.4, 0.5) is 17.3 Å². The summed E-state index contributed by atoms with van der Waals surface area (Å²) in [6.45, 7) is 8.77. The van der Waals surface area contributed by atoms with E-state index < -0.39 is 0 Å². The van der Waals surface area contributed by atoms with Gasteiger partial charge in [-0.1, -0.05) is 12.6 Å². The number of carbonyl (C=O) groups excluding carboxylic acids is 1. The summed E-state index contributed by atoms with van der Waals surface area (Å²) in [5, 5.41) is 12.2. The lowest BCUT2D eigenvalue weighted by Crippen LogP contribution is -2.21. The van der Waals surface area contributed by atoms with E-state index in [1.54, 1.807) is 23.4 Å². The normalized spacial score (nSPS) is 13.8. The average Bonchev–Trinajstić information content (AvgIpc) is 3.29. The van der Waals surface area contributed by atoms with Crippen molar-refractivity contribution in [3.63, 3.8) is 0 Å². The third-order valence-electron chi connectivity index (χ3n) is 6.44. The van der Waals surface area contributed by atoms with Crippen molar-refractivity contribution in [2.75, 3.05) is 23.4 Å². The van der Waals surface area contributed by atoms with Crippen LogP contribution in [0.15, 0.2) is 61.4 Å². The summed E-state index contributed by atoms with van der Waals surface area (Å²) < 4.78 is 7.80. The van der Waals surface area contributed by atoms with Crippen molar-refractivity contribution >= 4 is 34.4 Å². The van der Waals surface area contributed by atoms with Crippen molar-refractivity contribution in [3.8, 4) is 17.5 Å². The maximum atomic E-state index is 11.4. The fourth-order valence-electron chi connectivity index (χ4n) is 4.62. The van der Waals surface area contributed by atoms with E-state index in [0.717, 1.165) is 46.8 Å². The zero-order chi connectivity index (χ0) is 25.9. The van der Waals surface area contributed by atoms with Crippen LogP contribution >= 0.6 is 0 Å². The number of aryl methyl sites for hydroxylation is 1. The van der Waals surface area contributed by atoms with Gasteiger partial charge < -0.3 is 14.6 Å². The molecule has 0 unspecified atom stereocenters. The number of imidazole rings is 1. The SMILES string of the molecule is C=CN(c1ncc2nc(-c3ccc(NC(C)=O)cc3)n(C3CCOCC3)c2n1)c1cc(C#N)ccc1C. The number of hydrogen-bond acceptors (Lipinski definition) is 7. The van der Waals surface area contributed by atoms with Gasteiger partial charge in [-0.05, 0) is 61.7 Å². The minimum atomic E-state index is -0.118. The van der Waals surface area contributed by atoms with E-state index in [9.17, 15) is 10.1 Å². The van der Waals surface area contributed by atoms with Crippen LogP contribution in [0.1, 0.15) is 36.9 Å². The molecule has 1 aliphatic rings. The maximum absolute atomic E-state index is 11.4. The Morgan fingerprint density at radius 1 is 1.22 bits per heavy atom. The van der Waals surface area contributed by atoms with Crippen molar-refractivity contribution < 1.29 is 9.53 Å². The molecule has 2 aromatic carbocycles. The number of anilines is 3. The molecule has 0 aliphatic carbocycles. The van der Waals surface area contributed by atoms with Gasteiger partial charge in [0, 0.05) is 43.6 Å². The van der Waals surface area contributed by atoms with E-state index in [2.05, 4.69) is 27.5 Å². The lowest BCUT2D eigenvalue weighted by Gasteiger charge is -2.26. The Balaban J connectivity index is 1.64. The van der Waals surface area contributed by atoms with Crippen LogP contribution in [-0.4, -0.2) is 38.6 Å². The fourth-order valence-corrected chi connectivity index (χ4v) is 4.62. The number of ether oxygens (including phenoxy) is 1. The minimum Gasteiger partial charge on any atom is -0.381 e. The molecule has 9 heteroatoms. The van der Waals surface area contributed by atoms with Gasteiger partial charge in [0.15, 0.2) is 5.65 Å². The summed E-state index contributed by atoms with van der Waals surface area (Å²) in [6.07, 6.45) is 5.07. The molecule has 5 rings (SSSR count). The standard InChI is InChI=1S/C28H27N7O2/c1-4-34(25-15-20(16-29)6-5-18(25)2)28-30-17-24-27(33-28)35(23-11-13-37-14-12-23)26(32-24)21-7-9-22(10-8-21)31-19(3)36/h4-10,15,17,23H,1,11-14H2,2-3H3,(H,31,36). The number of fused-ring (bicyclic) bond motifs is 1. The molecular formula is C28H27N7O2. The second-order valence-corrected chi connectivity index (χ2v) is 8.95. The van der Waals surface area contributed by atoms with Gasteiger partial charge in [0.05, 0.1) is 23.5 Å². The predicted molar refractivity (Wildman–Crippen MR) is 142 cm³/mol. The first kappa shape index (κ1) is 24.2. The highest BCUT2D eigenvalue weighted by atomic mass is 16.5. The molecular weight excluding hydrogens is 466 g/mol. The first-order chi connectivity index (χ1) is 18.0. The molecule has 1 aliphatic heterocycles. The second-order valence-electron chi connectivity index (χ2n) is 8.95. The highest BCUT2D eigenvalue weighted by molar-refractivity contribution is 5.89. The minimum absolute atomic E-state index is 0.118. The molecule has 3 heterocycles. The molecule has 0 saturated carbocycles. The molecule has 0 atom stereocenters. The van der Waals surface area contributed by atoms with Gasteiger partial charge in [0.1, 0.15) is 11.3 Å². The smallest absolute Gasteiger partial charge is 0.236 e. The molecule has 1 N–H and O–H groups in total. The van der Waals surface area contributed by atoms with E-state index in [-0.39, 0.29) is 11.9 Å². The van der Waals surface area contributed by atoms with E-state index in [1.807, 2.05) is 43.3 Å². The van der Waals surface area contributed by atoms with Crippen molar-refractivity contribution in [2.45, 2.75) is 32.7 Å². The highest BCUT2D eigenvalue weighted by Gasteiger charge is 2.25. The van der Waals surface area contributed by atoms with E-state index in [1.165, 1.54) is 6.92 Å². The topological polar surface area (TPSA) is 109 Å². The third kappa shape index (κ3) is 4.79. The number of nitrogens with zero attached hydrogens (tertiary/aromatic N) is 6. The molecule has 37 heavy (non-hydrogen) atoms. The summed E-state index contributed by atoms with van der Waals surface area (Å²) in [5.41, 5.74) is 5.36. The lowest BCUT2D eigenvalue weighted by molar-refractivity contribution is -0.114. The number of nitrogens with one attached hydrogen (secondary N) is 1. The Morgan fingerprint density at radius 3 is 2.65 bits per heavy atom. The molecule has 4 aromatic rings. The number of aromatic nitrogens is 4. The van der Waals surface area contributed by atoms with Crippen molar-refractivity contribution in [3.05, 3.63) is 72.6 Å². The average molecular weight is 494 g/mol. The molecule has 0 spiro atoms. The Hall–Kier alpha value is -4.55. The highest BCUT2D eigenvalue weighted by Crippen LogP contribution is 2.34. The van der Waals surface area contributed by atoms with E-state index in [4.69, 9.17) is 14.7 Å². The first-order valence-electron chi connectivity index (χ1n) is 12.1. The zero-order valence-corrected chi connectivity index (χ0v) is 20.8. The summed E-state index contributed by atoms with van der Waals surface area (Å²) in [6, 6.07) is 15.5. The lowest BCUT2D eigenvalue weighted by atomic mass is 10.1. The summed E-state index contributed by atoms with van der Waals surface area (Å²) >= 11 is 0. The fraction of sp³-hybridized carbons (Fsp3) is 0.250. The molecule has 2 aromatic heterocycles. The largest absolute Gasteiger partial charge is 0.381 e. The van der Waals surface area contributed by atoms with Gasteiger partial charge in [-0.3, -0.25) is 9.69 Å². The summed E-state index contributed by atoms with van der Waals surface area (Å²) in [7, 11) is 0. The molecule has 9 nitrogen and oxygen atoms in total. The van der Waals surface area contributed by atoms with Gasteiger partial charge in [0.25, 0.3) is 0 Å². The van der Waals surface area contributed by atoms with Crippen LogP contribution < -0.4 is 10.2 Å². The second kappa shape index (κ2) is 10.2. The van der Waals surface area contributed by atoms with Gasteiger partial charge >= 0.3 is 0 Å². The van der Waals surface area contributed by atoms with Crippen molar-refractivity contribution in [1.29, 1.82) is 5.26 Å². The Kier molecular flexibility index (Phi) is 6.66. The van der Waals surface area contributed by atoms with Gasteiger partial charge in [-0.25, -0.2) is 9.97 Å². The molecule has 1 fully saturated rings. The van der Waals surface area contributed by atoms with E-state index in [0.29, 0.717) is 30.2 Å². The van der Waals surface area contributed by atoms with Crippen molar-refractivity contribution in [1.82, 2.24) is 19.5 Å². The van der Waals surface area contributed by atoms with Gasteiger partial charge in [-0.2, -0.15) is 10.2 Å². The number of amides is 1.